The molecule has 0 radical (unpaired) electrons. The molecule has 0 bridgehead atoms. The highest BCUT2D eigenvalue weighted by Crippen LogP contribution is 2.29. The molecule has 3 rings (SSSR count). The maximum atomic E-state index is 10.5. The van der Waals surface area contributed by atoms with Gasteiger partial charge in [0, 0.05) is 43.1 Å². The Kier molecular flexibility index (Phi) is 6.13. The smallest absolute Gasteiger partial charge is 0.225 e. The lowest BCUT2D eigenvalue weighted by molar-refractivity contribution is 0.124. The Hall–Kier alpha value is -2.28. The first-order valence-electron chi connectivity index (χ1n) is 10.1. The highest BCUT2D eigenvalue weighted by atomic mass is 16.3. The average Bonchev–Trinajstić information content (AvgIpc) is 2.66. The molecule has 0 amide bonds. The summed E-state index contributed by atoms with van der Waals surface area (Å²) in [6, 6.07) is 2.50. The molecule has 2 aromatic rings. The number of rotatable bonds is 5. The highest BCUT2D eigenvalue weighted by molar-refractivity contribution is 5.42. The summed E-state index contributed by atoms with van der Waals surface area (Å²) in [5, 5.41) is 18.8. The third-order valence-corrected chi connectivity index (χ3v) is 5.68. The van der Waals surface area contributed by atoms with Crippen molar-refractivity contribution >= 4 is 11.8 Å². The van der Waals surface area contributed by atoms with Gasteiger partial charge in [0.2, 0.25) is 5.95 Å². The van der Waals surface area contributed by atoms with Gasteiger partial charge in [-0.15, -0.1) is 5.10 Å². The van der Waals surface area contributed by atoms with Crippen molar-refractivity contribution in [1.29, 1.82) is 0 Å². The van der Waals surface area contributed by atoms with E-state index in [-0.39, 0.29) is 5.92 Å². The van der Waals surface area contributed by atoms with E-state index in [1.165, 1.54) is 0 Å². The normalized spacial score (nSPS) is 16.5. The molecule has 28 heavy (non-hydrogen) atoms. The Balaban J connectivity index is 1.69. The fourth-order valence-corrected chi connectivity index (χ4v) is 3.87. The Morgan fingerprint density at radius 1 is 1.11 bits per heavy atom. The van der Waals surface area contributed by atoms with Crippen LogP contribution in [0.3, 0.4) is 0 Å². The van der Waals surface area contributed by atoms with Crippen molar-refractivity contribution in [1.82, 2.24) is 20.2 Å². The van der Waals surface area contributed by atoms with Crippen LogP contribution in [0, 0.1) is 26.7 Å². The molecular formula is C21H32N6O. The largest absolute Gasteiger partial charge is 0.388 e. The van der Waals surface area contributed by atoms with Gasteiger partial charge in [0.1, 0.15) is 0 Å². The van der Waals surface area contributed by atoms with Crippen molar-refractivity contribution < 1.29 is 5.11 Å². The van der Waals surface area contributed by atoms with Gasteiger partial charge < -0.3 is 14.9 Å². The van der Waals surface area contributed by atoms with Crippen molar-refractivity contribution in [2.75, 3.05) is 29.9 Å². The molecule has 0 aliphatic carbocycles. The monoisotopic (exact) mass is 384 g/mol. The summed E-state index contributed by atoms with van der Waals surface area (Å²) in [4.78, 5) is 13.9. The van der Waals surface area contributed by atoms with Crippen LogP contribution in [0.2, 0.25) is 0 Å². The molecule has 0 saturated carbocycles. The molecule has 3 heterocycles. The zero-order chi connectivity index (χ0) is 20.4. The number of piperidine rings is 1. The van der Waals surface area contributed by atoms with Gasteiger partial charge in [0.05, 0.1) is 12.3 Å². The molecule has 1 aliphatic rings. The van der Waals surface area contributed by atoms with E-state index in [0.29, 0.717) is 6.04 Å². The Bertz CT molecular complexity index is 793. The summed E-state index contributed by atoms with van der Waals surface area (Å²) in [5.41, 5.74) is 3.74. The summed E-state index contributed by atoms with van der Waals surface area (Å²) in [5.74, 6) is 1.84. The molecule has 2 aromatic heterocycles. The molecule has 0 aromatic carbocycles. The van der Waals surface area contributed by atoms with Gasteiger partial charge in [0.25, 0.3) is 0 Å². The zero-order valence-corrected chi connectivity index (χ0v) is 17.8. The summed E-state index contributed by atoms with van der Waals surface area (Å²) >= 11 is 0. The maximum Gasteiger partial charge on any atom is 0.225 e. The number of nitrogens with zero attached hydrogens (tertiary/aromatic N) is 6. The highest BCUT2D eigenvalue weighted by Gasteiger charge is 2.26. The van der Waals surface area contributed by atoms with Gasteiger partial charge in [-0.3, -0.25) is 0 Å². The van der Waals surface area contributed by atoms with E-state index in [4.69, 9.17) is 9.97 Å². The second-order valence-corrected chi connectivity index (χ2v) is 8.22. The van der Waals surface area contributed by atoms with Crippen molar-refractivity contribution in [3.8, 4) is 0 Å². The second kappa shape index (κ2) is 8.39. The number of anilines is 2. The lowest BCUT2D eigenvalue weighted by Gasteiger charge is -2.37. The first kappa shape index (κ1) is 20.5. The van der Waals surface area contributed by atoms with Gasteiger partial charge >= 0.3 is 0 Å². The first-order valence-corrected chi connectivity index (χ1v) is 10.1. The second-order valence-electron chi connectivity index (χ2n) is 8.22. The fraction of sp³-hybridized carbons (Fsp3) is 0.619. The van der Waals surface area contributed by atoms with Crippen LogP contribution in [0.25, 0.3) is 0 Å². The molecule has 1 fully saturated rings. The van der Waals surface area contributed by atoms with Crippen LogP contribution in [-0.4, -0.2) is 51.5 Å². The van der Waals surface area contributed by atoms with E-state index in [2.05, 4.69) is 33.1 Å². The summed E-state index contributed by atoms with van der Waals surface area (Å²) < 4.78 is 0. The van der Waals surface area contributed by atoms with E-state index in [0.717, 1.165) is 60.2 Å². The van der Waals surface area contributed by atoms with Crippen LogP contribution >= 0.6 is 0 Å². The van der Waals surface area contributed by atoms with Crippen molar-refractivity contribution in [2.24, 2.45) is 5.92 Å². The standard InChI is InChI=1S/C21H32N6O/c1-13(2)20(28)19-15(4)23-21(24-16(19)5)27-9-7-17(8-10-27)26(6)18-11-14(3)12-22-25-18/h11-13,17,20,28H,7-10H2,1-6H3. The molecule has 0 spiro atoms. The average molecular weight is 385 g/mol. The minimum Gasteiger partial charge on any atom is -0.388 e. The quantitative estimate of drug-likeness (QED) is 0.849. The predicted octanol–water partition coefficient (Wildman–Crippen LogP) is 2.99. The maximum absolute atomic E-state index is 10.5. The van der Waals surface area contributed by atoms with Crippen molar-refractivity contribution in [2.45, 2.75) is 59.6 Å². The third-order valence-electron chi connectivity index (χ3n) is 5.68. The Labute approximate surface area is 167 Å². The molecule has 1 N–H and O–H groups in total. The third kappa shape index (κ3) is 4.24. The SMILES string of the molecule is Cc1cnnc(N(C)C2CCN(c3nc(C)c(C(O)C(C)C)c(C)n3)CC2)c1. The topological polar surface area (TPSA) is 78.3 Å². The number of aliphatic hydroxyl groups excluding tert-OH is 1. The summed E-state index contributed by atoms with van der Waals surface area (Å²) in [6.07, 6.45) is 3.29. The molecular weight excluding hydrogens is 352 g/mol. The minimum atomic E-state index is -0.524. The number of aromatic nitrogens is 4. The fourth-order valence-electron chi connectivity index (χ4n) is 3.87. The van der Waals surface area contributed by atoms with Crippen LogP contribution in [0.15, 0.2) is 12.3 Å². The van der Waals surface area contributed by atoms with Gasteiger partial charge in [0.15, 0.2) is 5.82 Å². The first-order chi connectivity index (χ1) is 13.3. The lowest BCUT2D eigenvalue weighted by atomic mass is 9.97. The van der Waals surface area contributed by atoms with Gasteiger partial charge in [-0.2, -0.15) is 5.10 Å². The number of aliphatic hydroxyl groups is 1. The molecule has 1 saturated heterocycles. The van der Waals surface area contributed by atoms with Gasteiger partial charge in [-0.25, -0.2) is 9.97 Å². The van der Waals surface area contributed by atoms with Gasteiger partial charge in [-0.1, -0.05) is 13.8 Å². The van der Waals surface area contributed by atoms with Crippen LogP contribution in [0.4, 0.5) is 11.8 Å². The molecule has 7 nitrogen and oxygen atoms in total. The predicted molar refractivity (Wildman–Crippen MR) is 112 cm³/mol. The Morgan fingerprint density at radius 3 is 2.25 bits per heavy atom. The van der Waals surface area contributed by atoms with E-state index >= 15 is 0 Å². The zero-order valence-electron chi connectivity index (χ0n) is 17.8. The van der Waals surface area contributed by atoms with Gasteiger partial charge in [-0.05, 0) is 51.2 Å². The van der Waals surface area contributed by atoms with Crippen LogP contribution < -0.4 is 9.80 Å². The molecule has 152 valence electrons. The number of hydrogen-bond acceptors (Lipinski definition) is 7. The Morgan fingerprint density at radius 2 is 1.71 bits per heavy atom. The van der Waals surface area contributed by atoms with Crippen molar-refractivity contribution in [3.05, 3.63) is 34.8 Å². The number of aryl methyl sites for hydroxylation is 3. The molecule has 1 atom stereocenters. The lowest BCUT2D eigenvalue weighted by Crippen LogP contribution is -2.44. The van der Waals surface area contributed by atoms with Crippen molar-refractivity contribution in [3.63, 3.8) is 0 Å². The van der Waals surface area contributed by atoms with Crippen LogP contribution in [0.5, 0.6) is 0 Å². The van der Waals surface area contributed by atoms with E-state index in [1.807, 2.05) is 34.6 Å². The van der Waals surface area contributed by atoms with E-state index in [1.54, 1.807) is 6.20 Å². The van der Waals surface area contributed by atoms with E-state index in [9.17, 15) is 5.11 Å². The molecule has 1 aliphatic heterocycles. The summed E-state index contributed by atoms with van der Waals surface area (Å²) in [6.45, 7) is 11.8. The molecule has 1 unspecified atom stereocenters. The van der Waals surface area contributed by atoms with E-state index < -0.39 is 6.10 Å². The van der Waals surface area contributed by atoms with Crippen LogP contribution in [0.1, 0.15) is 55.3 Å². The van der Waals surface area contributed by atoms with Crippen LogP contribution in [-0.2, 0) is 0 Å². The summed E-state index contributed by atoms with van der Waals surface area (Å²) in [7, 11) is 2.09. The molecule has 7 heteroatoms. The number of hydrogen-bond donors (Lipinski definition) is 1. The minimum absolute atomic E-state index is 0.142.